The first kappa shape index (κ1) is 26.7. The van der Waals surface area contributed by atoms with Crippen LogP contribution in [0, 0.1) is 0 Å². The minimum Gasteiger partial charge on any atom is -0.497 e. The topological polar surface area (TPSA) is 58.6 Å². The Bertz CT molecular complexity index is 1270. The molecule has 0 aliphatic carbocycles. The van der Waals surface area contributed by atoms with E-state index in [1.54, 1.807) is 19.1 Å². The van der Waals surface area contributed by atoms with E-state index in [4.69, 9.17) is 4.74 Å². The van der Waals surface area contributed by atoms with Crippen molar-refractivity contribution in [2.75, 3.05) is 14.2 Å². The SMILES string of the molecule is CNC(=O)[C@@H](Cc1ccccc1)N(Cc1cccc(OC)c1)C(=O)CC(c1ccccc1)c1ccccc1. The van der Waals surface area contributed by atoms with Crippen molar-refractivity contribution < 1.29 is 14.3 Å². The Kier molecular flexibility index (Phi) is 9.30. The van der Waals surface area contributed by atoms with Crippen LogP contribution in [0.1, 0.15) is 34.6 Å². The second kappa shape index (κ2) is 13.2. The number of ether oxygens (including phenoxy) is 1. The molecule has 0 spiro atoms. The van der Waals surface area contributed by atoms with Crippen molar-refractivity contribution in [3.8, 4) is 5.75 Å². The lowest BCUT2D eigenvalue weighted by Gasteiger charge is -2.32. The molecule has 0 fully saturated rings. The van der Waals surface area contributed by atoms with Crippen molar-refractivity contribution in [2.24, 2.45) is 0 Å². The first-order chi connectivity index (χ1) is 18.6. The van der Waals surface area contributed by atoms with Gasteiger partial charge in [-0.3, -0.25) is 9.59 Å². The molecule has 0 heterocycles. The number of carbonyl (C=O) groups excluding carboxylic acids is 2. The van der Waals surface area contributed by atoms with Crippen LogP contribution in [0.3, 0.4) is 0 Å². The van der Waals surface area contributed by atoms with E-state index in [2.05, 4.69) is 29.6 Å². The monoisotopic (exact) mass is 506 g/mol. The van der Waals surface area contributed by atoms with E-state index >= 15 is 0 Å². The predicted octanol–water partition coefficient (Wildman–Crippen LogP) is 5.60. The Hall–Kier alpha value is -4.38. The second-order valence-electron chi connectivity index (χ2n) is 9.27. The van der Waals surface area contributed by atoms with Gasteiger partial charge in [0, 0.05) is 32.4 Å². The summed E-state index contributed by atoms with van der Waals surface area (Å²) in [6.45, 7) is 0.289. The van der Waals surface area contributed by atoms with Crippen molar-refractivity contribution >= 4 is 11.8 Å². The highest BCUT2D eigenvalue weighted by molar-refractivity contribution is 5.88. The minimum atomic E-state index is -0.673. The molecule has 4 aromatic carbocycles. The third kappa shape index (κ3) is 6.88. The molecule has 0 aliphatic rings. The fraction of sp³-hybridized carbons (Fsp3) is 0.212. The second-order valence-corrected chi connectivity index (χ2v) is 9.27. The van der Waals surface area contributed by atoms with Gasteiger partial charge in [0.25, 0.3) is 0 Å². The lowest BCUT2D eigenvalue weighted by Crippen LogP contribution is -2.50. The highest BCUT2D eigenvalue weighted by Gasteiger charge is 2.31. The fourth-order valence-electron chi connectivity index (χ4n) is 4.78. The van der Waals surface area contributed by atoms with E-state index < -0.39 is 6.04 Å². The summed E-state index contributed by atoms with van der Waals surface area (Å²) in [4.78, 5) is 29.2. The van der Waals surface area contributed by atoms with Crippen molar-refractivity contribution in [2.45, 2.75) is 31.3 Å². The van der Waals surface area contributed by atoms with Gasteiger partial charge in [0.15, 0.2) is 0 Å². The molecule has 4 rings (SSSR count). The van der Waals surface area contributed by atoms with Crippen LogP contribution in [-0.4, -0.2) is 36.9 Å². The number of amides is 2. The zero-order chi connectivity index (χ0) is 26.7. The Balaban J connectivity index is 1.72. The summed E-state index contributed by atoms with van der Waals surface area (Å²) in [5.41, 5.74) is 4.02. The number of hydrogen-bond donors (Lipinski definition) is 1. The van der Waals surface area contributed by atoms with Crippen LogP contribution in [0.2, 0.25) is 0 Å². The zero-order valence-corrected chi connectivity index (χ0v) is 21.9. The molecule has 0 unspecified atom stereocenters. The van der Waals surface area contributed by atoms with Gasteiger partial charge in [0.05, 0.1) is 7.11 Å². The first-order valence-corrected chi connectivity index (χ1v) is 12.9. The van der Waals surface area contributed by atoms with Crippen molar-refractivity contribution in [3.63, 3.8) is 0 Å². The Morgan fingerprint density at radius 2 is 1.32 bits per heavy atom. The van der Waals surface area contributed by atoms with Crippen molar-refractivity contribution in [1.82, 2.24) is 10.2 Å². The maximum atomic E-state index is 14.2. The maximum Gasteiger partial charge on any atom is 0.242 e. The van der Waals surface area contributed by atoms with Gasteiger partial charge >= 0.3 is 0 Å². The van der Waals surface area contributed by atoms with Gasteiger partial charge in [-0.1, -0.05) is 103 Å². The molecule has 5 nitrogen and oxygen atoms in total. The number of likely N-dealkylation sites (N-methyl/N-ethyl adjacent to an activating group) is 1. The number of rotatable bonds is 11. The molecule has 1 N–H and O–H groups in total. The summed E-state index contributed by atoms with van der Waals surface area (Å²) in [6, 6.07) is 36.9. The van der Waals surface area contributed by atoms with Crippen LogP contribution in [0.5, 0.6) is 5.75 Å². The van der Waals surface area contributed by atoms with Crippen LogP contribution in [0.4, 0.5) is 0 Å². The lowest BCUT2D eigenvalue weighted by atomic mass is 9.87. The molecular formula is C33H34N2O3. The number of nitrogens with zero attached hydrogens (tertiary/aromatic N) is 1. The summed E-state index contributed by atoms with van der Waals surface area (Å²) < 4.78 is 5.42. The Morgan fingerprint density at radius 3 is 1.87 bits per heavy atom. The molecule has 0 saturated carbocycles. The average Bonchev–Trinajstić information content (AvgIpc) is 2.98. The van der Waals surface area contributed by atoms with E-state index in [0.29, 0.717) is 12.2 Å². The van der Waals surface area contributed by atoms with E-state index in [0.717, 1.165) is 22.3 Å². The van der Waals surface area contributed by atoms with Gasteiger partial charge in [-0.2, -0.15) is 0 Å². The van der Waals surface area contributed by atoms with Crippen molar-refractivity contribution in [3.05, 3.63) is 138 Å². The molecule has 5 heteroatoms. The van der Waals surface area contributed by atoms with Crippen molar-refractivity contribution in [1.29, 1.82) is 0 Å². The van der Waals surface area contributed by atoms with Crippen LogP contribution in [0.25, 0.3) is 0 Å². The van der Waals surface area contributed by atoms with E-state index in [1.807, 2.05) is 91.0 Å². The van der Waals surface area contributed by atoms with Crippen LogP contribution in [-0.2, 0) is 22.6 Å². The first-order valence-electron chi connectivity index (χ1n) is 12.9. The maximum absolute atomic E-state index is 14.2. The van der Waals surface area contributed by atoms with E-state index in [-0.39, 0.29) is 30.7 Å². The molecule has 0 aliphatic heterocycles. The molecule has 0 aromatic heterocycles. The lowest BCUT2D eigenvalue weighted by molar-refractivity contribution is -0.141. The molecule has 1 atom stereocenters. The van der Waals surface area contributed by atoms with Gasteiger partial charge in [0.2, 0.25) is 11.8 Å². The molecule has 2 amide bonds. The Labute approximate surface area is 225 Å². The summed E-state index contributed by atoms with van der Waals surface area (Å²) in [5, 5.41) is 2.79. The molecule has 0 saturated heterocycles. The molecule has 0 radical (unpaired) electrons. The normalized spacial score (nSPS) is 11.6. The average molecular weight is 507 g/mol. The number of carbonyl (C=O) groups is 2. The number of benzene rings is 4. The highest BCUT2D eigenvalue weighted by atomic mass is 16.5. The Morgan fingerprint density at radius 1 is 0.763 bits per heavy atom. The third-order valence-corrected chi connectivity index (χ3v) is 6.79. The smallest absolute Gasteiger partial charge is 0.242 e. The summed E-state index contributed by atoms with van der Waals surface area (Å²) in [6.07, 6.45) is 0.651. The van der Waals surface area contributed by atoms with Crippen LogP contribution < -0.4 is 10.1 Å². The van der Waals surface area contributed by atoms with Gasteiger partial charge in [0.1, 0.15) is 11.8 Å². The standard InChI is InChI=1S/C33H34N2O3/c1-34-33(37)31(22-25-13-6-3-7-14-25)35(24-26-15-12-20-29(21-26)38-2)32(36)23-30(27-16-8-4-9-17-27)28-18-10-5-11-19-28/h3-21,30-31H,22-24H2,1-2H3,(H,34,37)/t31-/m1/s1. The van der Waals surface area contributed by atoms with E-state index in [1.165, 1.54) is 0 Å². The third-order valence-electron chi connectivity index (χ3n) is 6.79. The minimum absolute atomic E-state index is 0.0879. The summed E-state index contributed by atoms with van der Waals surface area (Å²) in [5.74, 6) is 0.289. The summed E-state index contributed by atoms with van der Waals surface area (Å²) in [7, 11) is 3.24. The number of methoxy groups -OCH3 is 1. The molecule has 38 heavy (non-hydrogen) atoms. The zero-order valence-electron chi connectivity index (χ0n) is 21.9. The van der Waals surface area contributed by atoms with Gasteiger partial charge < -0.3 is 15.0 Å². The predicted molar refractivity (Wildman–Crippen MR) is 151 cm³/mol. The van der Waals surface area contributed by atoms with Gasteiger partial charge in [-0.05, 0) is 34.4 Å². The highest BCUT2D eigenvalue weighted by Crippen LogP contribution is 2.30. The largest absolute Gasteiger partial charge is 0.497 e. The van der Waals surface area contributed by atoms with Crippen LogP contribution >= 0.6 is 0 Å². The van der Waals surface area contributed by atoms with Gasteiger partial charge in [-0.25, -0.2) is 0 Å². The molecule has 4 aromatic rings. The number of hydrogen-bond acceptors (Lipinski definition) is 3. The number of nitrogens with one attached hydrogen (secondary N) is 1. The molecular weight excluding hydrogens is 472 g/mol. The van der Waals surface area contributed by atoms with E-state index in [9.17, 15) is 9.59 Å². The quantitative estimate of drug-likeness (QED) is 0.288. The van der Waals surface area contributed by atoms with Gasteiger partial charge in [-0.15, -0.1) is 0 Å². The summed E-state index contributed by atoms with van der Waals surface area (Å²) >= 11 is 0. The molecule has 194 valence electrons. The molecule has 0 bridgehead atoms. The fourth-order valence-corrected chi connectivity index (χ4v) is 4.78. The van der Waals surface area contributed by atoms with Crippen LogP contribution in [0.15, 0.2) is 115 Å².